The van der Waals surface area contributed by atoms with Gasteiger partial charge in [-0.05, 0) is 12.8 Å². The van der Waals surface area contributed by atoms with E-state index in [-0.39, 0.29) is 6.10 Å². The van der Waals surface area contributed by atoms with E-state index in [1.807, 2.05) is 0 Å². The fraction of sp³-hybridized carbons (Fsp3) is 0.875. The summed E-state index contributed by atoms with van der Waals surface area (Å²) in [4.78, 5) is 10.8. The molecule has 1 heterocycles. The molecule has 0 aromatic heterocycles. The van der Waals surface area contributed by atoms with Crippen molar-refractivity contribution in [3.05, 3.63) is 0 Å². The summed E-state index contributed by atoms with van der Waals surface area (Å²) in [6.45, 7) is 0. The molecule has 4 heteroatoms. The van der Waals surface area contributed by atoms with Gasteiger partial charge in [0.05, 0.1) is 7.11 Å². The minimum atomic E-state index is -0.639. The molecule has 1 saturated heterocycles. The minimum absolute atomic E-state index is 0.130. The van der Waals surface area contributed by atoms with Crippen molar-refractivity contribution < 1.29 is 19.0 Å². The summed E-state index contributed by atoms with van der Waals surface area (Å²) in [5, 5.41) is 0. The smallest absolute Gasteiger partial charge is 0.438 e. The Morgan fingerprint density at radius 2 is 2.42 bits per heavy atom. The van der Waals surface area contributed by atoms with E-state index in [0.29, 0.717) is 0 Å². The highest BCUT2D eigenvalue weighted by Gasteiger charge is 2.61. The first-order valence-corrected chi connectivity index (χ1v) is 4.22. The van der Waals surface area contributed by atoms with Crippen LogP contribution in [0.2, 0.25) is 0 Å². The molecule has 2 fully saturated rings. The molecule has 2 aliphatic rings. The molecular formula is C8H12O4. The molecule has 0 N–H and O–H groups in total. The lowest BCUT2D eigenvalue weighted by Gasteiger charge is -2.16. The summed E-state index contributed by atoms with van der Waals surface area (Å²) >= 11 is 0. The number of epoxide rings is 1. The second kappa shape index (κ2) is 2.62. The van der Waals surface area contributed by atoms with Gasteiger partial charge in [-0.15, -0.1) is 0 Å². The van der Waals surface area contributed by atoms with Gasteiger partial charge in [0.1, 0.15) is 6.10 Å². The fourth-order valence-electron chi connectivity index (χ4n) is 1.73. The number of fused-ring (bicyclic) bond motifs is 1. The first kappa shape index (κ1) is 7.86. The van der Waals surface area contributed by atoms with Gasteiger partial charge in [-0.3, -0.25) is 0 Å². The third kappa shape index (κ3) is 1.16. The second-order valence-electron chi connectivity index (χ2n) is 3.22. The van der Waals surface area contributed by atoms with Crippen LogP contribution in [0, 0.1) is 0 Å². The van der Waals surface area contributed by atoms with Gasteiger partial charge in [0.15, 0.2) is 0 Å². The molecule has 0 spiro atoms. The zero-order chi connectivity index (χ0) is 8.60. The monoisotopic (exact) mass is 172 g/mol. The van der Waals surface area contributed by atoms with Crippen LogP contribution in [0.25, 0.3) is 0 Å². The van der Waals surface area contributed by atoms with Crippen molar-refractivity contribution in [3.63, 3.8) is 0 Å². The van der Waals surface area contributed by atoms with Crippen LogP contribution in [-0.2, 0) is 14.2 Å². The summed E-state index contributed by atoms with van der Waals surface area (Å²) < 4.78 is 14.7. The molecular weight excluding hydrogens is 160 g/mol. The van der Waals surface area contributed by atoms with Crippen molar-refractivity contribution in [1.29, 1.82) is 0 Å². The van der Waals surface area contributed by atoms with Gasteiger partial charge in [0.25, 0.3) is 0 Å². The van der Waals surface area contributed by atoms with Crippen molar-refractivity contribution in [2.24, 2.45) is 0 Å². The molecule has 0 amide bonds. The fourth-order valence-corrected chi connectivity index (χ4v) is 1.73. The highest BCUT2D eigenvalue weighted by Crippen LogP contribution is 2.48. The van der Waals surface area contributed by atoms with E-state index in [4.69, 9.17) is 9.47 Å². The van der Waals surface area contributed by atoms with Crippen LogP contribution < -0.4 is 0 Å². The Balaban J connectivity index is 1.91. The number of ether oxygens (including phenoxy) is 3. The van der Waals surface area contributed by atoms with Gasteiger partial charge in [0, 0.05) is 6.42 Å². The van der Waals surface area contributed by atoms with Crippen LogP contribution in [0.5, 0.6) is 0 Å². The topological polar surface area (TPSA) is 48.1 Å². The van der Waals surface area contributed by atoms with Gasteiger partial charge in [-0.2, -0.15) is 0 Å². The van der Waals surface area contributed by atoms with E-state index in [2.05, 4.69) is 4.74 Å². The lowest BCUT2D eigenvalue weighted by Crippen LogP contribution is -2.26. The summed E-state index contributed by atoms with van der Waals surface area (Å²) in [5.74, 6) is -0.606. The molecule has 0 unspecified atom stereocenters. The van der Waals surface area contributed by atoms with Gasteiger partial charge in [-0.1, -0.05) is 6.42 Å². The highest BCUT2D eigenvalue weighted by atomic mass is 16.9. The summed E-state index contributed by atoms with van der Waals surface area (Å²) in [5.41, 5.74) is 0. The number of hydrogen-bond acceptors (Lipinski definition) is 4. The minimum Gasteiger partial charge on any atom is -0.438 e. The van der Waals surface area contributed by atoms with Crippen molar-refractivity contribution in [1.82, 2.24) is 0 Å². The molecule has 1 aliphatic heterocycles. The van der Waals surface area contributed by atoms with E-state index in [0.717, 1.165) is 25.7 Å². The molecule has 68 valence electrons. The Bertz CT molecular complexity index is 203. The number of carbonyl (C=O) groups excluding carboxylic acids is 1. The molecule has 2 atom stereocenters. The van der Waals surface area contributed by atoms with Crippen LogP contribution in [0.4, 0.5) is 4.79 Å². The predicted molar refractivity (Wildman–Crippen MR) is 39.6 cm³/mol. The molecule has 1 aliphatic carbocycles. The summed E-state index contributed by atoms with van der Waals surface area (Å²) in [7, 11) is 1.30. The van der Waals surface area contributed by atoms with Crippen LogP contribution >= 0.6 is 0 Å². The maximum atomic E-state index is 10.8. The van der Waals surface area contributed by atoms with Crippen molar-refractivity contribution in [3.8, 4) is 0 Å². The summed E-state index contributed by atoms with van der Waals surface area (Å²) in [6, 6.07) is 0. The van der Waals surface area contributed by atoms with E-state index >= 15 is 0 Å². The SMILES string of the molecule is COC(=O)O[C@@]12CCCC[C@@H]1O2. The normalized spacial score (nSPS) is 38.2. The first-order chi connectivity index (χ1) is 5.77. The molecule has 0 radical (unpaired) electrons. The van der Waals surface area contributed by atoms with E-state index in [1.165, 1.54) is 7.11 Å². The van der Waals surface area contributed by atoms with Crippen LogP contribution in [0.15, 0.2) is 0 Å². The number of hydrogen-bond donors (Lipinski definition) is 0. The predicted octanol–water partition coefficient (Wildman–Crippen LogP) is 1.44. The Hall–Kier alpha value is -0.770. The molecule has 1 saturated carbocycles. The Morgan fingerprint density at radius 3 is 3.08 bits per heavy atom. The standard InChI is InChI=1S/C8H12O4/c1-10-7(9)12-8-5-3-2-4-6(8)11-8/h6H,2-5H2,1H3/t6-,8-/m0/s1. The highest BCUT2D eigenvalue weighted by molar-refractivity contribution is 5.60. The second-order valence-corrected chi connectivity index (χ2v) is 3.22. The maximum Gasteiger partial charge on any atom is 0.510 e. The van der Waals surface area contributed by atoms with Gasteiger partial charge < -0.3 is 14.2 Å². The molecule has 0 aromatic carbocycles. The number of rotatable bonds is 1. The third-order valence-corrected chi connectivity index (χ3v) is 2.44. The van der Waals surface area contributed by atoms with Gasteiger partial charge in [-0.25, -0.2) is 4.79 Å². The third-order valence-electron chi connectivity index (χ3n) is 2.44. The molecule has 2 rings (SSSR count). The van der Waals surface area contributed by atoms with Crippen molar-refractivity contribution >= 4 is 6.16 Å². The molecule has 4 nitrogen and oxygen atoms in total. The van der Waals surface area contributed by atoms with Crippen molar-refractivity contribution in [2.45, 2.75) is 37.6 Å². The van der Waals surface area contributed by atoms with Crippen molar-refractivity contribution in [2.75, 3.05) is 7.11 Å². The largest absolute Gasteiger partial charge is 0.510 e. The molecule has 0 bridgehead atoms. The molecule has 12 heavy (non-hydrogen) atoms. The van der Waals surface area contributed by atoms with Crippen LogP contribution in [-0.4, -0.2) is 25.2 Å². The number of carbonyl (C=O) groups is 1. The first-order valence-electron chi connectivity index (χ1n) is 4.22. The molecule has 0 aromatic rings. The quantitative estimate of drug-likeness (QED) is 0.443. The number of methoxy groups -OCH3 is 1. The Kier molecular flexibility index (Phi) is 1.72. The van der Waals surface area contributed by atoms with Gasteiger partial charge in [0.2, 0.25) is 5.79 Å². The summed E-state index contributed by atoms with van der Waals surface area (Å²) in [6.07, 6.45) is 3.53. The average Bonchev–Trinajstić information content (AvgIpc) is 2.78. The lowest BCUT2D eigenvalue weighted by atomic mass is 9.98. The van der Waals surface area contributed by atoms with E-state index < -0.39 is 11.9 Å². The van der Waals surface area contributed by atoms with E-state index in [9.17, 15) is 4.79 Å². The zero-order valence-corrected chi connectivity index (χ0v) is 7.04. The Labute approximate surface area is 70.8 Å². The van der Waals surface area contributed by atoms with Crippen LogP contribution in [0.1, 0.15) is 25.7 Å². The average molecular weight is 172 g/mol. The lowest BCUT2D eigenvalue weighted by molar-refractivity contribution is -0.0340. The zero-order valence-electron chi connectivity index (χ0n) is 7.04. The Morgan fingerprint density at radius 1 is 1.58 bits per heavy atom. The van der Waals surface area contributed by atoms with Crippen LogP contribution in [0.3, 0.4) is 0 Å². The van der Waals surface area contributed by atoms with E-state index in [1.54, 1.807) is 0 Å². The maximum absolute atomic E-state index is 10.8. The van der Waals surface area contributed by atoms with Gasteiger partial charge >= 0.3 is 6.16 Å².